The molecule has 0 aliphatic heterocycles. The third-order valence-corrected chi connectivity index (χ3v) is 5.07. The highest BCUT2D eigenvalue weighted by Crippen LogP contribution is 2.32. The highest BCUT2D eigenvalue weighted by molar-refractivity contribution is 5.82. The van der Waals surface area contributed by atoms with Crippen molar-refractivity contribution in [3.8, 4) is 0 Å². The maximum Gasteiger partial charge on any atom is 0.137 e. The standard InChI is InChI=1S/C16H29NO/c1-4-17(10-14-6-5-7-14)11-15-13(3)8-12(2)9-16(15)18/h12-15H,4-11H2,1-3H3. The van der Waals surface area contributed by atoms with Gasteiger partial charge in [0.05, 0.1) is 0 Å². The summed E-state index contributed by atoms with van der Waals surface area (Å²) in [7, 11) is 0. The zero-order valence-corrected chi connectivity index (χ0v) is 12.3. The number of Topliss-reactive ketones (excluding diaryl/α,β-unsaturated/α-hetero) is 1. The van der Waals surface area contributed by atoms with E-state index < -0.39 is 0 Å². The van der Waals surface area contributed by atoms with E-state index in [2.05, 4.69) is 25.7 Å². The van der Waals surface area contributed by atoms with Crippen LogP contribution in [-0.2, 0) is 4.79 Å². The van der Waals surface area contributed by atoms with Crippen molar-refractivity contribution in [2.75, 3.05) is 19.6 Å². The quantitative estimate of drug-likeness (QED) is 0.747. The van der Waals surface area contributed by atoms with E-state index in [1.807, 2.05) is 0 Å². The molecular formula is C16H29NO. The highest BCUT2D eigenvalue weighted by Gasteiger charge is 2.33. The molecule has 2 fully saturated rings. The van der Waals surface area contributed by atoms with Gasteiger partial charge in [0, 0.05) is 25.4 Å². The summed E-state index contributed by atoms with van der Waals surface area (Å²) in [6.07, 6.45) is 6.27. The van der Waals surface area contributed by atoms with Crippen LogP contribution in [0.15, 0.2) is 0 Å². The summed E-state index contributed by atoms with van der Waals surface area (Å²) in [5.41, 5.74) is 0. The van der Waals surface area contributed by atoms with Gasteiger partial charge in [-0.2, -0.15) is 0 Å². The van der Waals surface area contributed by atoms with Crippen LogP contribution in [0.3, 0.4) is 0 Å². The minimum atomic E-state index is 0.307. The van der Waals surface area contributed by atoms with Gasteiger partial charge < -0.3 is 4.90 Å². The smallest absolute Gasteiger partial charge is 0.137 e. The Kier molecular flexibility index (Phi) is 4.83. The predicted octanol–water partition coefficient (Wildman–Crippen LogP) is 3.36. The number of carbonyl (C=O) groups is 1. The van der Waals surface area contributed by atoms with Gasteiger partial charge in [-0.05, 0) is 43.6 Å². The van der Waals surface area contributed by atoms with E-state index >= 15 is 0 Å². The predicted molar refractivity (Wildman–Crippen MR) is 75.5 cm³/mol. The molecule has 18 heavy (non-hydrogen) atoms. The first-order chi connectivity index (χ1) is 8.60. The molecule has 3 unspecified atom stereocenters. The second kappa shape index (κ2) is 6.18. The van der Waals surface area contributed by atoms with Crippen molar-refractivity contribution < 1.29 is 4.79 Å². The van der Waals surface area contributed by atoms with E-state index in [0.717, 1.165) is 25.4 Å². The number of ketones is 1. The minimum absolute atomic E-state index is 0.307. The van der Waals surface area contributed by atoms with Crippen LogP contribution in [0.4, 0.5) is 0 Å². The monoisotopic (exact) mass is 251 g/mol. The summed E-state index contributed by atoms with van der Waals surface area (Å²) in [4.78, 5) is 14.7. The van der Waals surface area contributed by atoms with Crippen LogP contribution in [0.25, 0.3) is 0 Å². The van der Waals surface area contributed by atoms with Crippen LogP contribution in [0.5, 0.6) is 0 Å². The maximum atomic E-state index is 12.2. The highest BCUT2D eigenvalue weighted by atomic mass is 16.1. The Bertz CT molecular complexity index is 285. The fourth-order valence-electron chi connectivity index (χ4n) is 3.63. The molecule has 0 aromatic carbocycles. The van der Waals surface area contributed by atoms with E-state index in [-0.39, 0.29) is 0 Å². The van der Waals surface area contributed by atoms with Crippen LogP contribution >= 0.6 is 0 Å². The van der Waals surface area contributed by atoms with Crippen LogP contribution < -0.4 is 0 Å². The first-order valence-electron chi connectivity index (χ1n) is 7.85. The van der Waals surface area contributed by atoms with Gasteiger partial charge in [-0.25, -0.2) is 0 Å². The Morgan fingerprint density at radius 3 is 2.44 bits per heavy atom. The molecular weight excluding hydrogens is 222 g/mol. The molecule has 2 saturated carbocycles. The first-order valence-corrected chi connectivity index (χ1v) is 7.85. The van der Waals surface area contributed by atoms with Gasteiger partial charge in [0.1, 0.15) is 5.78 Å². The molecule has 2 rings (SSSR count). The van der Waals surface area contributed by atoms with Gasteiger partial charge in [-0.3, -0.25) is 4.79 Å². The zero-order valence-electron chi connectivity index (χ0n) is 12.3. The number of carbonyl (C=O) groups excluding carboxylic acids is 1. The first kappa shape index (κ1) is 14.0. The number of hydrogen-bond donors (Lipinski definition) is 0. The van der Waals surface area contributed by atoms with Crippen LogP contribution in [0.2, 0.25) is 0 Å². The van der Waals surface area contributed by atoms with Gasteiger partial charge in [0.25, 0.3) is 0 Å². The molecule has 0 heterocycles. The average molecular weight is 251 g/mol. The van der Waals surface area contributed by atoms with Gasteiger partial charge >= 0.3 is 0 Å². The third kappa shape index (κ3) is 3.34. The van der Waals surface area contributed by atoms with E-state index in [1.54, 1.807) is 0 Å². The van der Waals surface area contributed by atoms with Crippen molar-refractivity contribution >= 4 is 5.78 Å². The molecule has 2 heteroatoms. The third-order valence-electron chi connectivity index (χ3n) is 5.07. The van der Waals surface area contributed by atoms with E-state index in [1.165, 1.54) is 32.2 Å². The summed E-state index contributed by atoms with van der Waals surface area (Å²) in [5, 5.41) is 0. The molecule has 0 spiro atoms. The summed E-state index contributed by atoms with van der Waals surface area (Å²) in [5.74, 6) is 2.93. The van der Waals surface area contributed by atoms with Crippen molar-refractivity contribution in [2.45, 2.75) is 52.9 Å². The largest absolute Gasteiger partial charge is 0.303 e. The Morgan fingerprint density at radius 2 is 1.94 bits per heavy atom. The van der Waals surface area contributed by atoms with Crippen molar-refractivity contribution in [3.05, 3.63) is 0 Å². The lowest BCUT2D eigenvalue weighted by Crippen LogP contribution is -2.42. The molecule has 3 atom stereocenters. The molecule has 2 aliphatic rings. The fourth-order valence-corrected chi connectivity index (χ4v) is 3.63. The molecule has 0 amide bonds. The number of nitrogens with zero attached hydrogens (tertiary/aromatic N) is 1. The second-order valence-corrected chi connectivity index (χ2v) is 6.74. The number of hydrogen-bond acceptors (Lipinski definition) is 2. The Balaban J connectivity index is 1.86. The summed E-state index contributed by atoms with van der Waals surface area (Å²) in [6.45, 7) is 10.1. The second-order valence-electron chi connectivity index (χ2n) is 6.74. The van der Waals surface area contributed by atoms with Crippen molar-refractivity contribution in [3.63, 3.8) is 0 Å². The van der Waals surface area contributed by atoms with E-state index in [0.29, 0.717) is 23.5 Å². The summed E-state index contributed by atoms with van der Waals surface area (Å²) >= 11 is 0. The van der Waals surface area contributed by atoms with Gasteiger partial charge in [-0.1, -0.05) is 27.2 Å². The summed E-state index contributed by atoms with van der Waals surface area (Å²) in [6, 6.07) is 0. The van der Waals surface area contributed by atoms with Crippen LogP contribution in [-0.4, -0.2) is 30.3 Å². The lowest BCUT2D eigenvalue weighted by Gasteiger charge is -2.37. The van der Waals surface area contributed by atoms with Gasteiger partial charge in [0.15, 0.2) is 0 Å². The van der Waals surface area contributed by atoms with Crippen molar-refractivity contribution in [2.24, 2.45) is 23.7 Å². The fraction of sp³-hybridized carbons (Fsp3) is 0.938. The Labute approximate surface area is 112 Å². The SMILES string of the molecule is CCN(CC1CCC1)CC1C(=O)CC(C)CC1C. The molecule has 0 saturated heterocycles. The minimum Gasteiger partial charge on any atom is -0.303 e. The Hall–Kier alpha value is -0.370. The van der Waals surface area contributed by atoms with Crippen molar-refractivity contribution in [1.29, 1.82) is 0 Å². The number of rotatable bonds is 5. The van der Waals surface area contributed by atoms with Gasteiger partial charge in [-0.15, -0.1) is 0 Å². The summed E-state index contributed by atoms with van der Waals surface area (Å²) < 4.78 is 0. The molecule has 0 radical (unpaired) electrons. The molecule has 104 valence electrons. The van der Waals surface area contributed by atoms with Gasteiger partial charge in [0.2, 0.25) is 0 Å². The zero-order chi connectivity index (χ0) is 13.1. The lowest BCUT2D eigenvalue weighted by molar-refractivity contribution is -0.128. The normalized spacial score (nSPS) is 33.8. The van der Waals surface area contributed by atoms with E-state index in [4.69, 9.17) is 0 Å². The molecule has 2 nitrogen and oxygen atoms in total. The molecule has 2 aliphatic carbocycles. The lowest BCUT2D eigenvalue weighted by atomic mass is 9.74. The molecule has 0 aromatic rings. The molecule has 0 aromatic heterocycles. The molecule has 0 N–H and O–H groups in total. The van der Waals surface area contributed by atoms with Crippen LogP contribution in [0.1, 0.15) is 52.9 Å². The maximum absolute atomic E-state index is 12.2. The average Bonchev–Trinajstić information content (AvgIpc) is 2.24. The van der Waals surface area contributed by atoms with E-state index in [9.17, 15) is 4.79 Å². The van der Waals surface area contributed by atoms with Crippen molar-refractivity contribution in [1.82, 2.24) is 4.90 Å². The molecule has 0 bridgehead atoms. The Morgan fingerprint density at radius 1 is 1.22 bits per heavy atom. The van der Waals surface area contributed by atoms with Crippen LogP contribution in [0, 0.1) is 23.7 Å². The topological polar surface area (TPSA) is 20.3 Å².